The number of nitrogens with one attached hydrogen (secondary N) is 2. The first-order valence-electron chi connectivity index (χ1n) is 7.66. The van der Waals surface area contributed by atoms with E-state index in [0.717, 1.165) is 17.0 Å². The summed E-state index contributed by atoms with van der Waals surface area (Å²) >= 11 is 0. The third-order valence-electron chi connectivity index (χ3n) is 3.69. The Kier molecular flexibility index (Phi) is 3.92. The Bertz CT molecular complexity index is 857. The summed E-state index contributed by atoms with van der Waals surface area (Å²) in [6.45, 7) is 6.18. The molecule has 24 heavy (non-hydrogen) atoms. The van der Waals surface area contributed by atoms with Gasteiger partial charge in [-0.2, -0.15) is 10.2 Å². The molecule has 0 atom stereocenters. The number of carbonyl (C=O) groups excluding carboxylic acids is 1. The number of H-pyrrole nitrogens is 1. The van der Waals surface area contributed by atoms with Crippen LogP contribution in [0.3, 0.4) is 0 Å². The van der Waals surface area contributed by atoms with Crippen LogP contribution in [-0.2, 0) is 12.5 Å². The van der Waals surface area contributed by atoms with Gasteiger partial charge in [0, 0.05) is 36.5 Å². The second kappa shape index (κ2) is 5.92. The van der Waals surface area contributed by atoms with E-state index in [1.54, 1.807) is 30.2 Å². The number of nitrogens with zero attached hydrogens (tertiary/aromatic N) is 4. The summed E-state index contributed by atoms with van der Waals surface area (Å²) in [6.07, 6.45) is 3.41. The van der Waals surface area contributed by atoms with E-state index < -0.39 is 0 Å². The fourth-order valence-corrected chi connectivity index (χ4v) is 2.29. The van der Waals surface area contributed by atoms with Crippen LogP contribution in [0.2, 0.25) is 0 Å². The highest BCUT2D eigenvalue weighted by Gasteiger charge is 2.22. The number of carbonyl (C=O) groups is 1. The van der Waals surface area contributed by atoms with E-state index in [-0.39, 0.29) is 11.3 Å². The number of aromatic nitrogens is 5. The minimum Gasteiger partial charge on any atom is -0.304 e. The summed E-state index contributed by atoms with van der Waals surface area (Å²) in [4.78, 5) is 16.5. The molecule has 7 heteroatoms. The molecule has 3 rings (SSSR count). The number of anilines is 1. The van der Waals surface area contributed by atoms with Gasteiger partial charge in [0.2, 0.25) is 0 Å². The van der Waals surface area contributed by atoms with Crippen molar-refractivity contribution >= 4 is 11.7 Å². The Hall–Kier alpha value is -2.96. The predicted octanol–water partition coefficient (Wildman–Crippen LogP) is 2.76. The lowest BCUT2D eigenvalue weighted by Gasteiger charge is -2.13. The largest absolute Gasteiger partial charge is 0.304 e. The maximum Gasteiger partial charge on any atom is 0.275 e. The van der Waals surface area contributed by atoms with Crippen molar-refractivity contribution in [3.8, 4) is 11.3 Å². The number of hydrogen-bond donors (Lipinski definition) is 2. The van der Waals surface area contributed by atoms with Crippen LogP contribution in [0.25, 0.3) is 11.3 Å². The molecule has 0 aliphatic carbocycles. The van der Waals surface area contributed by atoms with E-state index in [2.05, 4.69) is 46.4 Å². The van der Waals surface area contributed by atoms with Crippen LogP contribution in [0.5, 0.6) is 0 Å². The van der Waals surface area contributed by atoms with Gasteiger partial charge < -0.3 is 5.32 Å². The molecule has 3 aromatic rings. The molecule has 1 amide bonds. The van der Waals surface area contributed by atoms with Crippen LogP contribution in [0, 0.1) is 0 Å². The van der Waals surface area contributed by atoms with Gasteiger partial charge in [0.05, 0.1) is 11.4 Å². The molecule has 0 aliphatic heterocycles. The van der Waals surface area contributed by atoms with E-state index in [0.29, 0.717) is 11.5 Å². The lowest BCUT2D eigenvalue weighted by Crippen LogP contribution is -2.16. The van der Waals surface area contributed by atoms with Gasteiger partial charge in [-0.25, -0.2) is 0 Å². The molecule has 0 saturated carbocycles. The van der Waals surface area contributed by atoms with Crippen LogP contribution < -0.4 is 5.32 Å². The third-order valence-corrected chi connectivity index (χ3v) is 3.69. The summed E-state index contributed by atoms with van der Waals surface area (Å²) < 4.78 is 1.59. The molecule has 0 radical (unpaired) electrons. The van der Waals surface area contributed by atoms with Crippen molar-refractivity contribution in [1.82, 2.24) is 25.0 Å². The summed E-state index contributed by atoms with van der Waals surface area (Å²) in [6, 6.07) is 7.34. The topological polar surface area (TPSA) is 88.5 Å². The molecule has 0 bridgehead atoms. The Morgan fingerprint density at radius 2 is 1.92 bits per heavy atom. The number of rotatable bonds is 3. The molecule has 2 N–H and O–H groups in total. The molecule has 0 unspecified atom stereocenters. The fourth-order valence-electron chi connectivity index (χ4n) is 2.29. The first-order chi connectivity index (χ1) is 11.3. The number of aromatic amines is 1. The second-order valence-electron chi connectivity index (χ2n) is 6.65. The predicted molar refractivity (Wildman–Crippen MR) is 91.7 cm³/mol. The molecule has 3 aromatic heterocycles. The van der Waals surface area contributed by atoms with Gasteiger partial charge in [0.1, 0.15) is 5.69 Å². The maximum atomic E-state index is 12.5. The minimum atomic E-state index is -0.242. The van der Waals surface area contributed by atoms with Gasteiger partial charge in [-0.05, 0) is 18.2 Å². The number of pyridine rings is 1. The van der Waals surface area contributed by atoms with E-state index in [9.17, 15) is 4.79 Å². The normalized spacial score (nSPS) is 11.5. The summed E-state index contributed by atoms with van der Waals surface area (Å²) in [5.74, 6) is 0.221. The molecule has 0 fully saturated rings. The van der Waals surface area contributed by atoms with Gasteiger partial charge in [0.25, 0.3) is 5.91 Å². The van der Waals surface area contributed by atoms with E-state index >= 15 is 0 Å². The van der Waals surface area contributed by atoms with Gasteiger partial charge >= 0.3 is 0 Å². The van der Waals surface area contributed by atoms with Gasteiger partial charge in [-0.15, -0.1) is 0 Å². The molecular formula is C17H20N6O. The molecule has 0 aromatic carbocycles. The van der Waals surface area contributed by atoms with Crippen LogP contribution >= 0.6 is 0 Å². The molecule has 7 nitrogen and oxygen atoms in total. The molecular weight excluding hydrogens is 304 g/mol. The summed E-state index contributed by atoms with van der Waals surface area (Å²) in [5.41, 5.74) is 3.02. The highest BCUT2D eigenvalue weighted by molar-refractivity contribution is 6.02. The number of hydrogen-bond acceptors (Lipinski definition) is 4. The van der Waals surface area contributed by atoms with Crippen molar-refractivity contribution in [1.29, 1.82) is 0 Å². The zero-order chi connectivity index (χ0) is 17.3. The molecule has 0 spiro atoms. The van der Waals surface area contributed by atoms with Crippen molar-refractivity contribution < 1.29 is 4.79 Å². The molecule has 3 heterocycles. The smallest absolute Gasteiger partial charge is 0.275 e. The highest BCUT2D eigenvalue weighted by atomic mass is 16.2. The van der Waals surface area contributed by atoms with Gasteiger partial charge in [0.15, 0.2) is 5.82 Å². The van der Waals surface area contributed by atoms with Crippen molar-refractivity contribution in [2.45, 2.75) is 26.2 Å². The van der Waals surface area contributed by atoms with Gasteiger partial charge in [-0.1, -0.05) is 20.8 Å². The summed E-state index contributed by atoms with van der Waals surface area (Å²) in [5, 5.41) is 14.3. The molecule has 0 saturated heterocycles. The van der Waals surface area contributed by atoms with Crippen molar-refractivity contribution in [3.05, 3.63) is 48.0 Å². The van der Waals surface area contributed by atoms with Crippen molar-refractivity contribution in [2.24, 2.45) is 7.05 Å². The standard InChI is InChI=1S/C17H20N6O/c1-17(2,3)14-10-13(23(4)22-14)16(24)19-15-9-12(20-21-15)11-5-7-18-8-6-11/h5-10H,1-4H3,(H2,19,20,21,24). The first kappa shape index (κ1) is 15.9. The van der Waals surface area contributed by atoms with E-state index in [4.69, 9.17) is 0 Å². The Balaban J connectivity index is 1.79. The van der Waals surface area contributed by atoms with E-state index in [1.807, 2.05) is 18.2 Å². The molecule has 124 valence electrons. The van der Waals surface area contributed by atoms with Crippen LogP contribution in [0.15, 0.2) is 36.7 Å². The highest BCUT2D eigenvalue weighted by Crippen LogP contribution is 2.22. The van der Waals surface area contributed by atoms with Crippen LogP contribution in [-0.4, -0.2) is 30.9 Å². The average molecular weight is 324 g/mol. The summed E-state index contributed by atoms with van der Waals surface area (Å²) in [7, 11) is 1.76. The van der Waals surface area contributed by atoms with Crippen molar-refractivity contribution in [3.63, 3.8) is 0 Å². The number of aryl methyl sites for hydroxylation is 1. The Morgan fingerprint density at radius 3 is 2.54 bits per heavy atom. The van der Waals surface area contributed by atoms with Gasteiger partial charge in [-0.3, -0.25) is 19.6 Å². The maximum absolute atomic E-state index is 12.5. The minimum absolute atomic E-state index is 0.114. The van der Waals surface area contributed by atoms with Crippen molar-refractivity contribution in [2.75, 3.05) is 5.32 Å². The Labute approximate surface area is 140 Å². The zero-order valence-corrected chi connectivity index (χ0v) is 14.2. The monoisotopic (exact) mass is 324 g/mol. The van der Waals surface area contributed by atoms with Crippen LogP contribution in [0.1, 0.15) is 37.0 Å². The lowest BCUT2D eigenvalue weighted by molar-refractivity contribution is 0.101. The quantitative estimate of drug-likeness (QED) is 0.775. The fraction of sp³-hybridized carbons (Fsp3) is 0.294. The van der Waals surface area contributed by atoms with E-state index in [1.165, 1.54) is 0 Å². The number of amides is 1. The van der Waals surface area contributed by atoms with Crippen LogP contribution in [0.4, 0.5) is 5.82 Å². The third kappa shape index (κ3) is 3.19. The first-order valence-corrected chi connectivity index (χ1v) is 7.66. The SMILES string of the molecule is Cn1nc(C(C)(C)C)cc1C(=O)Nc1cc(-c2ccncc2)[nH]n1. The zero-order valence-electron chi connectivity index (χ0n) is 14.2. The second-order valence-corrected chi connectivity index (χ2v) is 6.65. The molecule has 0 aliphatic rings. The average Bonchev–Trinajstić information content (AvgIpc) is 3.14. The Morgan fingerprint density at radius 1 is 1.21 bits per heavy atom. The lowest BCUT2D eigenvalue weighted by atomic mass is 9.92.